The first-order valence-electron chi connectivity index (χ1n) is 25.2. The summed E-state index contributed by atoms with van der Waals surface area (Å²) in [5.41, 5.74) is 4.14. The van der Waals surface area contributed by atoms with Crippen molar-refractivity contribution >= 4 is 52.1 Å². The first-order valence-corrected chi connectivity index (χ1v) is 25.2. The summed E-state index contributed by atoms with van der Waals surface area (Å²) in [4.78, 5) is 63.1. The van der Waals surface area contributed by atoms with E-state index >= 15 is 0 Å². The highest BCUT2D eigenvalue weighted by Crippen LogP contribution is 2.31. The van der Waals surface area contributed by atoms with Crippen LogP contribution >= 0.6 is 0 Å². The minimum Gasteiger partial charge on any atom is -0.473 e. The Hall–Kier alpha value is -9.69. The Morgan fingerprint density at radius 2 is 0.823 bits per heavy atom. The van der Waals surface area contributed by atoms with Gasteiger partial charge in [-0.3, -0.25) is 14.4 Å². The number of rotatable bonds is 1. The molecule has 0 saturated carbocycles. The molecule has 3 aliphatic rings. The number of nitrogens with zero attached hydrogens (tertiary/aromatic N) is 12. The molecule has 9 aromatic heterocycles. The quantitative estimate of drug-likeness (QED) is 0.106. The Morgan fingerprint density at radius 1 is 0.494 bits per heavy atom. The molecule has 0 aliphatic carbocycles. The van der Waals surface area contributed by atoms with E-state index in [1.54, 1.807) is 50.6 Å². The Morgan fingerprint density at radius 3 is 1.16 bits per heavy atom. The van der Waals surface area contributed by atoms with Crippen molar-refractivity contribution in [3.63, 3.8) is 0 Å². The van der Waals surface area contributed by atoms with Crippen molar-refractivity contribution in [2.75, 3.05) is 35.6 Å². The summed E-state index contributed by atoms with van der Waals surface area (Å²) in [5, 5.41) is 30.5. The zero-order valence-electron chi connectivity index (χ0n) is 43.4. The van der Waals surface area contributed by atoms with E-state index in [1.165, 1.54) is 50.3 Å². The molecule has 79 heavy (non-hydrogen) atoms. The highest BCUT2D eigenvalue weighted by Gasteiger charge is 2.25. The standard InChI is InChI=1S/C18H19FN6O2.2C17H17FN6O2/c1-3-12-8-20-17(26)14-9-22-25-5-4-15(24-16(14)25)23-10(2)13-6-11(19)7-21-18(13)27-12;2*1-9-6-19-16(25)13-8-21-24-4-3-14(23-15(13)24)22-10(2)12-5-11(18)7-20-17(12)26-9/h4-7,9-10,12H,3,8H2,1-2H3,(H,20,26)(H,23,24);2*3-5,7-10H,6H2,1-2H3,(H,19,25)(H,22,23)/t10-,12-;9-,10+;9-,10-/m100/s1. The van der Waals surface area contributed by atoms with Crippen LogP contribution in [0.1, 0.15) is 114 Å². The first-order chi connectivity index (χ1) is 38.1. The molecular weight excluding hydrogens is 1030 g/mol. The summed E-state index contributed by atoms with van der Waals surface area (Å²) in [5.74, 6) is 0.346. The van der Waals surface area contributed by atoms with Crippen molar-refractivity contribution in [3.05, 3.63) is 143 Å². The van der Waals surface area contributed by atoms with Gasteiger partial charge in [0, 0.05) is 35.3 Å². The van der Waals surface area contributed by atoms with Crippen LogP contribution in [0.2, 0.25) is 0 Å². The van der Waals surface area contributed by atoms with E-state index in [2.05, 4.69) is 77.1 Å². The van der Waals surface area contributed by atoms with Gasteiger partial charge in [-0.05, 0) is 77.4 Å². The molecule has 6 N–H and O–H groups in total. The largest absolute Gasteiger partial charge is 0.473 e. The van der Waals surface area contributed by atoms with Crippen molar-refractivity contribution in [1.29, 1.82) is 0 Å². The molecule has 6 bridgehead atoms. The molecule has 0 radical (unpaired) electrons. The number of carbonyl (C=O) groups is 3. The van der Waals surface area contributed by atoms with Gasteiger partial charge in [-0.15, -0.1) is 0 Å². The fourth-order valence-corrected chi connectivity index (χ4v) is 8.64. The number of hydrogen-bond acceptors (Lipinski definition) is 18. The molecule has 0 fully saturated rings. The van der Waals surface area contributed by atoms with Crippen LogP contribution in [0.15, 0.2) is 92.2 Å². The summed E-state index contributed by atoms with van der Waals surface area (Å²) in [6.07, 6.45) is 12.5. The van der Waals surface area contributed by atoms with Crippen molar-refractivity contribution in [1.82, 2.24) is 74.7 Å². The molecule has 3 amide bonds. The summed E-state index contributed by atoms with van der Waals surface area (Å²) in [6, 6.07) is 8.42. The predicted molar refractivity (Wildman–Crippen MR) is 280 cm³/mol. The molecule has 3 aliphatic heterocycles. The molecular formula is C52H53F3N18O6. The third-order valence-electron chi connectivity index (χ3n) is 12.8. The maximum Gasteiger partial charge on any atom is 0.256 e. The van der Waals surface area contributed by atoms with Gasteiger partial charge >= 0.3 is 0 Å². The molecule has 408 valence electrons. The SMILES string of the molecule is CC[C@@H]1CNC(=O)c2cnn3ccc(nc23)N[C@H](C)c2cc(F)cnc2O1.C[C@@H]1Nc2ccn3ncc(c3n2)C(=O)NC[C@H](C)Oc2ncc(F)cc21.C[C@H]1CNC(=O)c2cnn3ccc(nc23)N[C@H](C)c2cc(F)cnc2O1. The number of nitrogens with one attached hydrogen (secondary N) is 6. The maximum atomic E-state index is 13.8. The minimum absolute atomic E-state index is 0.260. The van der Waals surface area contributed by atoms with E-state index < -0.39 is 17.5 Å². The Bertz CT molecular complexity index is 3580. The zero-order valence-corrected chi connectivity index (χ0v) is 43.4. The van der Waals surface area contributed by atoms with Crippen molar-refractivity contribution < 1.29 is 41.8 Å². The van der Waals surface area contributed by atoms with E-state index in [0.29, 0.717) is 91.8 Å². The average Bonchev–Trinajstić information content (AvgIpc) is 4.31. The second-order valence-corrected chi connectivity index (χ2v) is 18.8. The lowest BCUT2D eigenvalue weighted by Crippen LogP contribution is -2.35. The summed E-state index contributed by atoms with van der Waals surface area (Å²) < 4.78 is 63.5. The van der Waals surface area contributed by atoms with Gasteiger partial charge in [-0.2, -0.15) is 15.3 Å². The second-order valence-electron chi connectivity index (χ2n) is 18.8. The molecule has 9 aromatic rings. The van der Waals surface area contributed by atoms with Crippen LogP contribution in [0.3, 0.4) is 0 Å². The number of halogens is 3. The number of amides is 3. The number of aromatic nitrogens is 12. The number of ether oxygens (including phenoxy) is 3. The molecule has 0 saturated heterocycles. The zero-order chi connectivity index (χ0) is 55.5. The van der Waals surface area contributed by atoms with Gasteiger partial charge in [0.1, 0.15) is 69.9 Å². The molecule has 27 heteroatoms. The number of fused-ring (bicyclic) bond motifs is 6. The highest BCUT2D eigenvalue weighted by molar-refractivity contribution is 6.01. The van der Waals surface area contributed by atoms with Gasteiger partial charge in [0.25, 0.3) is 17.7 Å². The molecule has 12 heterocycles. The fourth-order valence-electron chi connectivity index (χ4n) is 8.64. The van der Waals surface area contributed by atoms with Crippen LogP contribution in [-0.2, 0) is 0 Å². The molecule has 0 unspecified atom stereocenters. The Kier molecular flexibility index (Phi) is 15.0. The van der Waals surface area contributed by atoms with Crippen molar-refractivity contribution in [2.45, 2.75) is 84.4 Å². The van der Waals surface area contributed by atoms with Crippen LogP contribution < -0.4 is 46.1 Å². The fraction of sp³-hybridized carbons (Fsp3) is 0.308. The van der Waals surface area contributed by atoms with Crippen LogP contribution in [0, 0.1) is 17.5 Å². The predicted octanol–water partition coefficient (Wildman–Crippen LogP) is 6.23. The lowest BCUT2D eigenvalue weighted by Gasteiger charge is -2.22. The molecule has 24 nitrogen and oxygen atoms in total. The van der Waals surface area contributed by atoms with Crippen molar-refractivity contribution in [3.8, 4) is 17.6 Å². The maximum absolute atomic E-state index is 13.8. The van der Waals surface area contributed by atoms with Crippen molar-refractivity contribution in [2.24, 2.45) is 0 Å². The van der Waals surface area contributed by atoms with Gasteiger partial charge in [-0.25, -0.2) is 56.6 Å². The number of pyridine rings is 3. The topological polar surface area (TPSA) is 280 Å². The summed E-state index contributed by atoms with van der Waals surface area (Å²) in [6.45, 7) is 12.0. The molecule has 12 rings (SSSR count). The van der Waals surface area contributed by atoms with E-state index in [4.69, 9.17) is 14.2 Å². The Balaban J connectivity index is 0.000000134. The summed E-state index contributed by atoms with van der Waals surface area (Å²) >= 11 is 0. The third kappa shape index (κ3) is 11.7. The van der Waals surface area contributed by atoms with Crippen LogP contribution in [-0.4, -0.2) is 114 Å². The van der Waals surface area contributed by atoms with E-state index in [9.17, 15) is 27.6 Å². The normalized spacial score (nSPS) is 20.1. The monoisotopic (exact) mass is 1080 g/mol. The molecule has 6 atom stereocenters. The minimum atomic E-state index is -0.451. The molecule has 0 aromatic carbocycles. The second kappa shape index (κ2) is 22.5. The van der Waals surface area contributed by atoms with Gasteiger partial charge in [-0.1, -0.05) is 6.92 Å². The highest BCUT2D eigenvalue weighted by atomic mass is 19.1. The number of carbonyl (C=O) groups excluding carboxylic acids is 3. The summed E-state index contributed by atoms with van der Waals surface area (Å²) in [7, 11) is 0. The van der Waals surface area contributed by atoms with E-state index in [0.717, 1.165) is 18.6 Å². The van der Waals surface area contributed by atoms with Gasteiger partial charge in [0.2, 0.25) is 17.6 Å². The van der Waals surface area contributed by atoms with Gasteiger partial charge in [0.05, 0.1) is 74.9 Å². The molecule has 0 spiro atoms. The first kappa shape index (κ1) is 52.7. The van der Waals surface area contributed by atoms with E-state index in [1.807, 2.05) is 27.7 Å². The Labute approximate surface area is 448 Å². The van der Waals surface area contributed by atoms with E-state index in [-0.39, 0.29) is 73.8 Å². The number of anilines is 3. The lowest BCUT2D eigenvalue weighted by molar-refractivity contribution is 0.0920. The van der Waals surface area contributed by atoms with Crippen LogP contribution in [0.4, 0.5) is 30.6 Å². The van der Waals surface area contributed by atoms with Crippen LogP contribution in [0.5, 0.6) is 17.6 Å². The van der Waals surface area contributed by atoms with Gasteiger partial charge < -0.3 is 46.1 Å². The number of hydrogen-bond donors (Lipinski definition) is 6. The average molecular weight is 1080 g/mol. The lowest BCUT2D eigenvalue weighted by atomic mass is 10.1. The van der Waals surface area contributed by atoms with Crippen LogP contribution in [0.25, 0.3) is 16.9 Å². The smallest absolute Gasteiger partial charge is 0.256 e. The third-order valence-corrected chi connectivity index (χ3v) is 12.8. The van der Waals surface area contributed by atoms with Gasteiger partial charge in [0.15, 0.2) is 16.9 Å².